The van der Waals surface area contributed by atoms with Crippen molar-refractivity contribution in [3.63, 3.8) is 0 Å². The number of esters is 1. The maximum atomic E-state index is 13.1. The van der Waals surface area contributed by atoms with E-state index >= 15 is 0 Å². The van der Waals surface area contributed by atoms with Crippen molar-refractivity contribution in [2.24, 2.45) is 0 Å². The van der Waals surface area contributed by atoms with E-state index < -0.39 is 35.5 Å². The Labute approximate surface area is 174 Å². The Hall–Kier alpha value is -3.20. The summed E-state index contributed by atoms with van der Waals surface area (Å²) in [6, 6.07) is 4.59. The minimum absolute atomic E-state index is 0.0539. The van der Waals surface area contributed by atoms with E-state index in [9.17, 15) is 19.2 Å². The van der Waals surface area contributed by atoms with E-state index in [1.165, 1.54) is 30.3 Å². The molecule has 162 valence electrons. The summed E-state index contributed by atoms with van der Waals surface area (Å²) in [5, 5.41) is 9.00. The summed E-state index contributed by atoms with van der Waals surface area (Å²) in [6.07, 6.45) is 0.574. The predicted octanol–water partition coefficient (Wildman–Crippen LogP) is 2.49. The fraction of sp³-hybridized carbons (Fsp3) is 0.429. The van der Waals surface area contributed by atoms with Gasteiger partial charge in [-0.05, 0) is 51.5 Å². The molecule has 1 saturated heterocycles. The van der Waals surface area contributed by atoms with Crippen molar-refractivity contribution in [3.05, 3.63) is 41.0 Å². The molecule has 9 nitrogen and oxygen atoms in total. The molecule has 9 heteroatoms. The summed E-state index contributed by atoms with van der Waals surface area (Å²) in [7, 11) is 0. The van der Waals surface area contributed by atoms with Gasteiger partial charge in [0.05, 0.1) is 18.8 Å². The number of nitrogens with zero attached hydrogens (tertiary/aromatic N) is 1. The average molecular weight is 419 g/mol. The van der Waals surface area contributed by atoms with Crippen molar-refractivity contribution in [2.75, 3.05) is 19.9 Å². The maximum absolute atomic E-state index is 13.1. The Bertz CT molecular complexity index is 851. The van der Waals surface area contributed by atoms with E-state index in [4.69, 9.17) is 19.3 Å². The first-order valence-corrected chi connectivity index (χ1v) is 9.37. The van der Waals surface area contributed by atoms with Crippen LogP contribution in [0.15, 0.2) is 29.8 Å². The Kier molecular flexibility index (Phi) is 7.33. The molecule has 1 N–H and O–H groups in total. The van der Waals surface area contributed by atoms with Crippen LogP contribution in [0.2, 0.25) is 0 Å². The van der Waals surface area contributed by atoms with Crippen LogP contribution in [0.3, 0.4) is 0 Å². The highest BCUT2D eigenvalue weighted by atomic mass is 16.6. The van der Waals surface area contributed by atoms with Crippen LogP contribution in [0, 0.1) is 0 Å². The van der Waals surface area contributed by atoms with Crippen molar-refractivity contribution in [1.82, 2.24) is 4.90 Å². The number of carboxylic acid groups (broad SMARTS) is 1. The first kappa shape index (κ1) is 23.1. The van der Waals surface area contributed by atoms with E-state index in [0.717, 1.165) is 4.90 Å². The molecule has 1 heterocycles. The standard InChI is InChI=1S/C21H25NO8/c1-5-29-19(26)15(10-13-6-8-14(9-7-13)18(24)25)17(23)16-11-28-12-22(16)20(27)30-21(2,3)4/h6-10,16H,5,11-12H2,1-4H3,(H,24,25)/b15-10-/t16-/m0/s1. The van der Waals surface area contributed by atoms with Crippen LogP contribution in [0.4, 0.5) is 4.79 Å². The van der Waals surface area contributed by atoms with E-state index in [1.54, 1.807) is 27.7 Å². The highest BCUT2D eigenvalue weighted by Gasteiger charge is 2.40. The second-order valence-corrected chi connectivity index (χ2v) is 7.54. The smallest absolute Gasteiger partial charge is 0.412 e. The van der Waals surface area contributed by atoms with Crippen LogP contribution in [0.5, 0.6) is 0 Å². The zero-order valence-corrected chi connectivity index (χ0v) is 17.3. The third-order valence-electron chi connectivity index (χ3n) is 4.04. The topological polar surface area (TPSA) is 119 Å². The molecule has 1 atom stereocenters. The number of carbonyl (C=O) groups excluding carboxylic acids is 3. The Morgan fingerprint density at radius 2 is 1.83 bits per heavy atom. The second-order valence-electron chi connectivity index (χ2n) is 7.54. The number of hydrogen-bond donors (Lipinski definition) is 1. The number of carboxylic acids is 1. The molecule has 0 unspecified atom stereocenters. The van der Waals surface area contributed by atoms with E-state index in [0.29, 0.717) is 5.56 Å². The number of ether oxygens (including phenoxy) is 3. The lowest BCUT2D eigenvalue weighted by molar-refractivity contribution is -0.140. The van der Waals surface area contributed by atoms with Crippen molar-refractivity contribution >= 4 is 29.9 Å². The molecule has 0 bridgehead atoms. The van der Waals surface area contributed by atoms with Crippen LogP contribution in [-0.4, -0.2) is 65.4 Å². The number of aromatic carboxylic acids is 1. The molecule has 1 aromatic rings. The lowest BCUT2D eigenvalue weighted by Gasteiger charge is -2.26. The number of hydrogen-bond acceptors (Lipinski definition) is 7. The summed E-state index contributed by atoms with van der Waals surface area (Å²) in [5.74, 6) is -2.59. The first-order chi connectivity index (χ1) is 14.0. The van der Waals surface area contributed by atoms with Gasteiger partial charge in [0, 0.05) is 0 Å². The van der Waals surface area contributed by atoms with Gasteiger partial charge in [-0.2, -0.15) is 0 Å². The van der Waals surface area contributed by atoms with Crippen molar-refractivity contribution in [1.29, 1.82) is 0 Å². The fourth-order valence-corrected chi connectivity index (χ4v) is 2.67. The van der Waals surface area contributed by atoms with Crippen LogP contribution in [0.25, 0.3) is 6.08 Å². The predicted molar refractivity (Wildman–Crippen MR) is 106 cm³/mol. The Morgan fingerprint density at radius 1 is 1.20 bits per heavy atom. The first-order valence-electron chi connectivity index (χ1n) is 9.37. The summed E-state index contributed by atoms with van der Waals surface area (Å²) >= 11 is 0. The molecule has 0 saturated carbocycles. The Balaban J connectivity index is 2.33. The minimum atomic E-state index is -1.09. The normalized spacial score (nSPS) is 16.9. The van der Waals surface area contributed by atoms with Gasteiger partial charge in [0.1, 0.15) is 23.9 Å². The summed E-state index contributed by atoms with van der Waals surface area (Å²) in [6.45, 7) is 6.52. The van der Waals surface area contributed by atoms with Gasteiger partial charge in [-0.15, -0.1) is 0 Å². The largest absolute Gasteiger partial charge is 0.478 e. The molecule has 30 heavy (non-hydrogen) atoms. The molecule has 1 aliphatic rings. The highest BCUT2D eigenvalue weighted by Crippen LogP contribution is 2.21. The third-order valence-corrected chi connectivity index (χ3v) is 4.04. The van der Waals surface area contributed by atoms with E-state index in [1.807, 2.05) is 0 Å². The van der Waals surface area contributed by atoms with Gasteiger partial charge in [-0.1, -0.05) is 12.1 Å². The van der Waals surface area contributed by atoms with Crippen LogP contribution < -0.4 is 0 Å². The molecular weight excluding hydrogens is 394 g/mol. The number of rotatable bonds is 6. The molecule has 1 fully saturated rings. The average Bonchev–Trinajstić information content (AvgIpc) is 3.15. The van der Waals surface area contributed by atoms with Crippen LogP contribution >= 0.6 is 0 Å². The quantitative estimate of drug-likeness (QED) is 0.323. The number of carbonyl (C=O) groups is 4. The van der Waals surface area contributed by atoms with Crippen LogP contribution in [0.1, 0.15) is 43.6 Å². The number of ketones is 1. The fourth-order valence-electron chi connectivity index (χ4n) is 2.67. The number of Topliss-reactive ketones (excluding diaryl/α,β-unsaturated/α-hetero) is 1. The van der Waals surface area contributed by atoms with Gasteiger partial charge in [0.15, 0.2) is 5.78 Å². The number of amides is 1. The SMILES string of the molecule is CCOC(=O)/C(=C\c1ccc(C(=O)O)cc1)C(=O)[C@@H]1COCN1C(=O)OC(C)(C)C. The zero-order valence-electron chi connectivity index (χ0n) is 17.3. The van der Waals surface area contributed by atoms with Crippen molar-refractivity contribution in [3.8, 4) is 0 Å². The van der Waals surface area contributed by atoms with Gasteiger partial charge < -0.3 is 19.3 Å². The van der Waals surface area contributed by atoms with Gasteiger partial charge in [0.2, 0.25) is 0 Å². The summed E-state index contributed by atoms with van der Waals surface area (Å²) < 4.78 is 15.6. The third kappa shape index (κ3) is 5.90. The number of benzene rings is 1. The molecule has 1 aromatic carbocycles. The summed E-state index contributed by atoms with van der Waals surface area (Å²) in [5.41, 5.74) is -0.543. The summed E-state index contributed by atoms with van der Waals surface area (Å²) in [4.78, 5) is 50.1. The molecule has 2 rings (SSSR count). The lowest BCUT2D eigenvalue weighted by atomic mass is 10.0. The van der Waals surface area contributed by atoms with E-state index in [-0.39, 0.29) is 31.1 Å². The highest BCUT2D eigenvalue weighted by molar-refractivity contribution is 6.23. The molecule has 0 aromatic heterocycles. The lowest BCUT2D eigenvalue weighted by Crippen LogP contribution is -2.45. The van der Waals surface area contributed by atoms with E-state index in [2.05, 4.69) is 0 Å². The van der Waals surface area contributed by atoms with Crippen LogP contribution in [-0.2, 0) is 23.8 Å². The van der Waals surface area contributed by atoms with Gasteiger partial charge in [-0.25, -0.2) is 14.4 Å². The molecule has 0 spiro atoms. The monoisotopic (exact) mass is 419 g/mol. The van der Waals surface area contributed by atoms with Gasteiger partial charge in [0.25, 0.3) is 0 Å². The maximum Gasteiger partial charge on any atom is 0.412 e. The Morgan fingerprint density at radius 3 is 2.37 bits per heavy atom. The molecule has 1 aliphatic heterocycles. The van der Waals surface area contributed by atoms with Crippen molar-refractivity contribution < 1.29 is 38.5 Å². The molecular formula is C21H25NO8. The molecule has 0 radical (unpaired) electrons. The second kappa shape index (κ2) is 9.53. The zero-order chi connectivity index (χ0) is 22.5. The van der Waals surface area contributed by atoms with Gasteiger partial charge >= 0.3 is 18.0 Å². The minimum Gasteiger partial charge on any atom is -0.478 e. The molecule has 1 amide bonds. The van der Waals surface area contributed by atoms with Gasteiger partial charge in [-0.3, -0.25) is 9.69 Å². The van der Waals surface area contributed by atoms with Crippen molar-refractivity contribution in [2.45, 2.75) is 39.3 Å². The molecule has 0 aliphatic carbocycles.